The summed E-state index contributed by atoms with van der Waals surface area (Å²) in [6.45, 7) is 23.6. The summed E-state index contributed by atoms with van der Waals surface area (Å²) in [5.41, 5.74) is 2.30. The topological polar surface area (TPSA) is 104 Å². The highest BCUT2D eigenvalue weighted by molar-refractivity contribution is 6.26. The molecule has 238 valence electrons. The molecule has 6 heteroatoms. The molecule has 0 bridgehead atoms. The summed E-state index contributed by atoms with van der Waals surface area (Å²) < 4.78 is 6.23. The van der Waals surface area contributed by atoms with Gasteiger partial charge in [-0.2, -0.15) is 0 Å². The number of benzene rings is 1. The Balaban J connectivity index is 2.02. The van der Waals surface area contributed by atoms with Crippen LogP contribution in [0.2, 0.25) is 0 Å². The van der Waals surface area contributed by atoms with Crippen molar-refractivity contribution in [3.63, 3.8) is 0 Å². The largest absolute Gasteiger partial charge is 0.506 e. The first-order valence-electron chi connectivity index (χ1n) is 15.7. The molecule has 4 rings (SSSR count). The Morgan fingerprint density at radius 3 is 2.14 bits per heavy atom. The molecule has 4 atom stereocenters. The van der Waals surface area contributed by atoms with Gasteiger partial charge in [0.05, 0.1) is 5.41 Å². The van der Waals surface area contributed by atoms with E-state index in [-0.39, 0.29) is 34.0 Å². The van der Waals surface area contributed by atoms with E-state index in [2.05, 4.69) is 47.3 Å². The van der Waals surface area contributed by atoms with Gasteiger partial charge in [-0.05, 0) is 119 Å². The number of carbonyl (C=O) groups excluding carboxylic acids is 2. The van der Waals surface area contributed by atoms with Crippen molar-refractivity contribution in [3.05, 3.63) is 76.1 Å². The summed E-state index contributed by atoms with van der Waals surface area (Å²) >= 11 is 0. The van der Waals surface area contributed by atoms with Crippen LogP contribution in [0.3, 0.4) is 0 Å². The number of Topliss-reactive ketones (excluding diaryl/α,β-unsaturated/α-hetero) is 1. The third-order valence-electron chi connectivity index (χ3n) is 10.8. The molecular weight excluding hydrogens is 552 g/mol. The van der Waals surface area contributed by atoms with Crippen molar-refractivity contribution in [1.82, 2.24) is 0 Å². The van der Waals surface area contributed by atoms with Gasteiger partial charge in [-0.25, -0.2) is 4.79 Å². The molecule has 0 radical (unpaired) electrons. The fraction of sp³-hybridized carbons (Fsp3) is 0.526. The number of allylic oxidation sites excluding steroid dienone is 7. The zero-order valence-corrected chi connectivity index (χ0v) is 27.9. The van der Waals surface area contributed by atoms with Gasteiger partial charge in [-0.3, -0.25) is 4.79 Å². The number of ketones is 1. The Labute approximate surface area is 262 Å². The number of hydrogen-bond donors (Lipinski definition) is 3. The lowest BCUT2D eigenvalue weighted by Gasteiger charge is -2.55. The molecule has 1 heterocycles. The molecule has 6 nitrogen and oxygen atoms in total. The van der Waals surface area contributed by atoms with Crippen LogP contribution in [0, 0.1) is 34.0 Å². The monoisotopic (exact) mass is 602 g/mol. The lowest BCUT2D eigenvalue weighted by molar-refractivity contribution is -0.150. The standard InChI is InChI=1S/C38H50O6/c1-21(2)11-13-27-34-38(18-17-22(3)4,20-28(37(27,9)10)26-15-14-25(23(5)6)36(26,7)8)33(42)31(35(43)44-34)32(41)24-12-16-29(39)30(40)19-24/h11-12,16-17,19,25-26,28,39-41H,5,13-15,18,20H2,1-4,6-10H3/b32-31+/t25?,26?,28-,38+/m1/s1. The number of hydrogen-bond acceptors (Lipinski definition) is 6. The van der Waals surface area contributed by atoms with E-state index in [0.717, 1.165) is 35.6 Å². The fourth-order valence-electron chi connectivity index (χ4n) is 8.28. The normalized spacial score (nSPS) is 28.6. The summed E-state index contributed by atoms with van der Waals surface area (Å²) in [5, 5.41) is 31.3. The van der Waals surface area contributed by atoms with Crippen molar-refractivity contribution in [2.45, 2.75) is 94.4 Å². The van der Waals surface area contributed by atoms with E-state index >= 15 is 0 Å². The zero-order chi connectivity index (χ0) is 32.9. The van der Waals surface area contributed by atoms with Gasteiger partial charge in [0, 0.05) is 5.56 Å². The first-order chi connectivity index (χ1) is 20.4. The molecule has 1 saturated carbocycles. The Morgan fingerprint density at radius 1 is 0.955 bits per heavy atom. The molecule has 0 amide bonds. The number of phenolic OH excluding ortho intramolecular Hbond substituents is 2. The molecule has 2 fully saturated rings. The average molecular weight is 603 g/mol. The fourth-order valence-corrected chi connectivity index (χ4v) is 8.28. The maximum Gasteiger partial charge on any atom is 0.350 e. The highest BCUT2D eigenvalue weighted by atomic mass is 16.5. The maximum absolute atomic E-state index is 14.9. The van der Waals surface area contributed by atoms with Gasteiger partial charge in [0.25, 0.3) is 0 Å². The van der Waals surface area contributed by atoms with Crippen LogP contribution < -0.4 is 0 Å². The van der Waals surface area contributed by atoms with Crippen molar-refractivity contribution in [1.29, 1.82) is 0 Å². The van der Waals surface area contributed by atoms with Gasteiger partial charge >= 0.3 is 5.97 Å². The first kappa shape index (κ1) is 33.4. The third-order valence-corrected chi connectivity index (χ3v) is 10.8. The van der Waals surface area contributed by atoms with Gasteiger partial charge in [0.1, 0.15) is 17.1 Å². The number of ether oxygens (including phenoxy) is 1. The maximum atomic E-state index is 14.9. The van der Waals surface area contributed by atoms with Crippen LogP contribution >= 0.6 is 0 Å². The summed E-state index contributed by atoms with van der Waals surface area (Å²) in [6.07, 6.45) is 7.56. The number of aliphatic hydroxyl groups excluding tert-OH is 1. The van der Waals surface area contributed by atoms with E-state index in [1.807, 2.05) is 33.8 Å². The number of phenols is 2. The quantitative estimate of drug-likeness (QED) is 0.0718. The van der Waals surface area contributed by atoms with E-state index in [0.29, 0.717) is 30.9 Å². The van der Waals surface area contributed by atoms with Crippen molar-refractivity contribution < 1.29 is 29.6 Å². The molecule has 1 aromatic rings. The van der Waals surface area contributed by atoms with Gasteiger partial charge in [-0.15, -0.1) is 0 Å². The second kappa shape index (κ2) is 11.8. The van der Waals surface area contributed by atoms with Crippen LogP contribution in [0.25, 0.3) is 5.76 Å². The molecule has 1 aliphatic heterocycles. The van der Waals surface area contributed by atoms with Gasteiger partial charge < -0.3 is 20.1 Å². The minimum absolute atomic E-state index is 0.0454. The minimum atomic E-state index is -1.20. The highest BCUT2D eigenvalue weighted by Gasteiger charge is 2.62. The molecule has 1 aromatic carbocycles. The first-order valence-corrected chi connectivity index (χ1v) is 15.7. The summed E-state index contributed by atoms with van der Waals surface area (Å²) in [5.74, 6) is -1.63. The molecule has 0 spiro atoms. The van der Waals surface area contributed by atoms with Crippen LogP contribution in [-0.4, -0.2) is 27.1 Å². The van der Waals surface area contributed by atoms with E-state index in [1.54, 1.807) is 0 Å². The minimum Gasteiger partial charge on any atom is -0.506 e. The zero-order valence-electron chi connectivity index (χ0n) is 27.9. The predicted molar refractivity (Wildman–Crippen MR) is 175 cm³/mol. The summed E-state index contributed by atoms with van der Waals surface area (Å²) in [6, 6.07) is 3.71. The van der Waals surface area contributed by atoms with Crippen molar-refractivity contribution in [2.24, 2.45) is 34.0 Å². The number of carbonyl (C=O) groups is 2. The van der Waals surface area contributed by atoms with E-state index in [4.69, 9.17) is 4.74 Å². The SMILES string of the molecule is C=C(C)C1CCC([C@H]2C[C@@]3(CC=C(C)C)C(=O)/C(=C(\O)c4ccc(O)c(O)c4)C(=O)OC3=C(CC=C(C)C)C2(C)C)C1(C)C. The van der Waals surface area contributed by atoms with Crippen LogP contribution in [-0.2, 0) is 14.3 Å². The lowest BCUT2D eigenvalue weighted by atomic mass is 9.50. The Kier molecular flexibility index (Phi) is 8.91. The van der Waals surface area contributed by atoms with Crippen LogP contribution in [0.1, 0.15) is 100.0 Å². The van der Waals surface area contributed by atoms with Gasteiger partial charge in [-0.1, -0.05) is 63.1 Å². The molecule has 3 aliphatic rings. The van der Waals surface area contributed by atoms with Crippen LogP contribution in [0.15, 0.2) is 70.6 Å². The average Bonchev–Trinajstić information content (AvgIpc) is 3.23. The molecule has 0 aromatic heterocycles. The molecule has 1 saturated heterocycles. The highest BCUT2D eigenvalue weighted by Crippen LogP contribution is 2.65. The summed E-state index contributed by atoms with van der Waals surface area (Å²) in [4.78, 5) is 28.6. The number of rotatable bonds is 7. The Bertz CT molecular complexity index is 1510. The number of esters is 1. The number of aliphatic hydroxyl groups is 1. The molecular formula is C38H50O6. The third kappa shape index (κ3) is 5.57. The van der Waals surface area contributed by atoms with E-state index in [9.17, 15) is 24.9 Å². The van der Waals surface area contributed by atoms with E-state index in [1.165, 1.54) is 17.7 Å². The van der Waals surface area contributed by atoms with E-state index < -0.39 is 34.2 Å². The smallest absolute Gasteiger partial charge is 0.350 e. The molecule has 2 aliphatic carbocycles. The predicted octanol–water partition coefficient (Wildman–Crippen LogP) is 9.12. The number of fused-ring (bicyclic) bond motifs is 1. The lowest BCUT2D eigenvalue weighted by Crippen LogP contribution is -2.53. The van der Waals surface area contributed by atoms with Gasteiger partial charge in [0.2, 0.25) is 0 Å². The second-order valence-corrected chi connectivity index (χ2v) is 14.9. The molecule has 2 unspecified atom stereocenters. The number of aromatic hydroxyl groups is 2. The molecule has 3 N–H and O–H groups in total. The van der Waals surface area contributed by atoms with Crippen LogP contribution in [0.4, 0.5) is 0 Å². The van der Waals surface area contributed by atoms with Crippen molar-refractivity contribution in [3.8, 4) is 11.5 Å². The summed E-state index contributed by atoms with van der Waals surface area (Å²) in [7, 11) is 0. The Hall–Kier alpha value is -3.54. The van der Waals surface area contributed by atoms with Crippen LogP contribution in [0.5, 0.6) is 11.5 Å². The second-order valence-electron chi connectivity index (χ2n) is 14.9. The van der Waals surface area contributed by atoms with Gasteiger partial charge in [0.15, 0.2) is 17.3 Å². The van der Waals surface area contributed by atoms with Crippen molar-refractivity contribution >= 4 is 17.5 Å². The molecule has 44 heavy (non-hydrogen) atoms. The van der Waals surface area contributed by atoms with Crippen molar-refractivity contribution in [2.75, 3.05) is 0 Å². The Morgan fingerprint density at radius 2 is 1.59 bits per heavy atom.